The number of rotatable bonds is 2. The molecule has 1 aromatic heterocycles. The molecule has 1 aromatic carbocycles. The zero-order chi connectivity index (χ0) is 12.0. The molecule has 0 bridgehead atoms. The highest BCUT2D eigenvalue weighted by Gasteiger charge is 2.50. The van der Waals surface area contributed by atoms with Crippen molar-refractivity contribution >= 4 is 5.82 Å². The highest BCUT2D eigenvalue weighted by molar-refractivity contribution is 5.76. The van der Waals surface area contributed by atoms with Crippen molar-refractivity contribution in [3.05, 3.63) is 36.1 Å². The Labute approximate surface area is 101 Å². The van der Waals surface area contributed by atoms with Gasteiger partial charge in [0.1, 0.15) is 5.76 Å². The molecule has 1 saturated carbocycles. The van der Waals surface area contributed by atoms with Gasteiger partial charge in [-0.2, -0.15) is 0 Å². The third kappa shape index (κ3) is 1.62. The Balaban J connectivity index is 2.08. The van der Waals surface area contributed by atoms with E-state index in [0.29, 0.717) is 17.2 Å². The predicted octanol–water partition coefficient (Wildman–Crippen LogP) is 3.44. The molecule has 3 nitrogen and oxygen atoms in total. The molecule has 0 spiro atoms. The first-order valence-corrected chi connectivity index (χ1v) is 5.90. The van der Waals surface area contributed by atoms with Crippen LogP contribution in [0.3, 0.4) is 0 Å². The van der Waals surface area contributed by atoms with E-state index in [0.717, 1.165) is 23.3 Å². The lowest BCUT2D eigenvalue weighted by Gasteiger charge is -2.03. The summed E-state index contributed by atoms with van der Waals surface area (Å²) in [5, 5.41) is 3.92. The largest absolute Gasteiger partial charge is 0.380 e. The van der Waals surface area contributed by atoms with Gasteiger partial charge in [0.05, 0.1) is 5.56 Å². The molecule has 1 aliphatic carbocycles. The minimum atomic E-state index is 0.315. The molecule has 1 aliphatic rings. The van der Waals surface area contributed by atoms with E-state index in [4.69, 9.17) is 10.3 Å². The number of aromatic nitrogens is 1. The first-order valence-electron chi connectivity index (χ1n) is 5.90. The van der Waals surface area contributed by atoms with E-state index < -0.39 is 0 Å². The number of hydrogen-bond donors (Lipinski definition) is 1. The average Bonchev–Trinajstić information content (AvgIpc) is 2.78. The van der Waals surface area contributed by atoms with Crippen LogP contribution in [0.1, 0.15) is 31.9 Å². The molecule has 1 unspecified atom stereocenters. The van der Waals surface area contributed by atoms with Crippen LogP contribution >= 0.6 is 0 Å². The standard InChI is InChI=1S/C14H16N2O/c1-14(2)8-10(14)12-11(13(15)16-17-12)9-6-4-3-5-7-9/h3-7,10H,8H2,1-2H3,(H2,15,16). The van der Waals surface area contributed by atoms with Gasteiger partial charge in [0.2, 0.25) is 0 Å². The summed E-state index contributed by atoms with van der Waals surface area (Å²) in [6.07, 6.45) is 1.14. The van der Waals surface area contributed by atoms with Crippen LogP contribution < -0.4 is 5.73 Å². The molecule has 17 heavy (non-hydrogen) atoms. The quantitative estimate of drug-likeness (QED) is 0.856. The monoisotopic (exact) mass is 228 g/mol. The summed E-state index contributed by atoms with van der Waals surface area (Å²) in [5.41, 5.74) is 8.30. The number of benzene rings is 1. The van der Waals surface area contributed by atoms with Crippen LogP contribution in [0, 0.1) is 5.41 Å². The number of hydrogen-bond acceptors (Lipinski definition) is 3. The maximum Gasteiger partial charge on any atom is 0.175 e. The average molecular weight is 228 g/mol. The van der Waals surface area contributed by atoms with Gasteiger partial charge in [-0.25, -0.2) is 0 Å². The van der Waals surface area contributed by atoms with Gasteiger partial charge in [0, 0.05) is 5.92 Å². The molecule has 88 valence electrons. The SMILES string of the molecule is CC1(C)CC1c1onc(N)c1-c1ccccc1. The normalized spacial score (nSPS) is 21.4. The molecular weight excluding hydrogens is 212 g/mol. The van der Waals surface area contributed by atoms with Gasteiger partial charge >= 0.3 is 0 Å². The molecule has 3 rings (SSSR count). The van der Waals surface area contributed by atoms with E-state index in [2.05, 4.69) is 19.0 Å². The molecular formula is C14H16N2O. The first-order chi connectivity index (χ1) is 8.09. The molecule has 2 N–H and O–H groups in total. The van der Waals surface area contributed by atoms with Gasteiger partial charge in [0.25, 0.3) is 0 Å². The Morgan fingerprint density at radius 1 is 1.29 bits per heavy atom. The zero-order valence-corrected chi connectivity index (χ0v) is 10.1. The van der Waals surface area contributed by atoms with Gasteiger partial charge in [-0.15, -0.1) is 0 Å². The van der Waals surface area contributed by atoms with E-state index in [1.807, 2.05) is 30.3 Å². The van der Waals surface area contributed by atoms with Crippen molar-refractivity contribution in [2.45, 2.75) is 26.2 Å². The van der Waals surface area contributed by atoms with Crippen molar-refractivity contribution in [2.24, 2.45) is 5.41 Å². The number of nitrogens with two attached hydrogens (primary N) is 1. The Morgan fingerprint density at radius 3 is 2.53 bits per heavy atom. The molecule has 1 atom stereocenters. The van der Waals surface area contributed by atoms with E-state index >= 15 is 0 Å². The fourth-order valence-electron chi connectivity index (χ4n) is 2.36. The van der Waals surface area contributed by atoms with E-state index in [1.54, 1.807) is 0 Å². The Hall–Kier alpha value is -1.77. The summed E-state index contributed by atoms with van der Waals surface area (Å²) in [7, 11) is 0. The van der Waals surface area contributed by atoms with Gasteiger partial charge < -0.3 is 10.3 Å². The van der Waals surface area contributed by atoms with Gasteiger partial charge in [0.15, 0.2) is 5.82 Å². The summed E-state index contributed by atoms with van der Waals surface area (Å²) in [6, 6.07) is 10.1. The number of nitrogens with zero attached hydrogens (tertiary/aromatic N) is 1. The van der Waals surface area contributed by atoms with Crippen LogP contribution in [0.15, 0.2) is 34.9 Å². The molecule has 1 heterocycles. The second kappa shape index (κ2) is 3.36. The Kier molecular flexibility index (Phi) is 2.05. The van der Waals surface area contributed by atoms with Gasteiger partial charge in [-0.3, -0.25) is 0 Å². The van der Waals surface area contributed by atoms with Crippen LogP contribution in [0.25, 0.3) is 11.1 Å². The maximum atomic E-state index is 5.92. The maximum absolute atomic E-state index is 5.92. The summed E-state index contributed by atoms with van der Waals surface area (Å²) in [4.78, 5) is 0. The molecule has 2 aromatic rings. The first kappa shape index (κ1) is 10.4. The van der Waals surface area contributed by atoms with E-state index in [-0.39, 0.29) is 0 Å². The van der Waals surface area contributed by atoms with Gasteiger partial charge in [-0.1, -0.05) is 49.3 Å². The number of nitrogen functional groups attached to an aromatic ring is 1. The summed E-state index contributed by atoms with van der Waals surface area (Å²) in [6.45, 7) is 4.48. The molecule has 1 fully saturated rings. The third-order valence-electron chi connectivity index (χ3n) is 3.64. The smallest absolute Gasteiger partial charge is 0.175 e. The fourth-order valence-corrected chi connectivity index (χ4v) is 2.36. The van der Waals surface area contributed by atoms with Gasteiger partial charge in [-0.05, 0) is 17.4 Å². The van der Waals surface area contributed by atoms with Crippen LogP contribution in [0.4, 0.5) is 5.82 Å². The van der Waals surface area contributed by atoms with Crippen molar-refractivity contribution < 1.29 is 4.52 Å². The summed E-state index contributed by atoms with van der Waals surface area (Å²) >= 11 is 0. The molecule has 0 amide bonds. The molecule has 0 saturated heterocycles. The molecule has 0 radical (unpaired) electrons. The Bertz CT molecular complexity index is 543. The topological polar surface area (TPSA) is 52.0 Å². The van der Waals surface area contributed by atoms with E-state index in [9.17, 15) is 0 Å². The van der Waals surface area contributed by atoms with E-state index in [1.165, 1.54) is 0 Å². The van der Waals surface area contributed by atoms with Crippen molar-refractivity contribution in [3.63, 3.8) is 0 Å². The van der Waals surface area contributed by atoms with Crippen LogP contribution in [0.5, 0.6) is 0 Å². The van der Waals surface area contributed by atoms with Crippen LogP contribution in [-0.4, -0.2) is 5.16 Å². The summed E-state index contributed by atoms with van der Waals surface area (Å²) < 4.78 is 5.43. The third-order valence-corrected chi connectivity index (χ3v) is 3.64. The second-order valence-corrected chi connectivity index (χ2v) is 5.42. The minimum Gasteiger partial charge on any atom is -0.380 e. The highest BCUT2D eigenvalue weighted by Crippen LogP contribution is 2.60. The Morgan fingerprint density at radius 2 is 1.94 bits per heavy atom. The van der Waals surface area contributed by atoms with Crippen molar-refractivity contribution in [3.8, 4) is 11.1 Å². The van der Waals surface area contributed by atoms with Crippen molar-refractivity contribution in [1.82, 2.24) is 5.16 Å². The lowest BCUT2D eigenvalue weighted by atomic mass is 10.0. The minimum absolute atomic E-state index is 0.315. The molecule has 3 heteroatoms. The number of anilines is 1. The van der Waals surface area contributed by atoms with Crippen LogP contribution in [-0.2, 0) is 0 Å². The van der Waals surface area contributed by atoms with Crippen molar-refractivity contribution in [2.75, 3.05) is 5.73 Å². The lowest BCUT2D eigenvalue weighted by Crippen LogP contribution is -1.92. The fraction of sp³-hybridized carbons (Fsp3) is 0.357. The lowest BCUT2D eigenvalue weighted by molar-refractivity contribution is 0.376. The molecule has 0 aliphatic heterocycles. The van der Waals surface area contributed by atoms with Crippen LogP contribution in [0.2, 0.25) is 0 Å². The van der Waals surface area contributed by atoms with Crippen molar-refractivity contribution in [1.29, 1.82) is 0 Å². The second-order valence-electron chi connectivity index (χ2n) is 5.42. The highest BCUT2D eigenvalue weighted by atomic mass is 16.5. The zero-order valence-electron chi connectivity index (χ0n) is 10.1. The predicted molar refractivity (Wildman–Crippen MR) is 67.5 cm³/mol. The summed E-state index contributed by atoms with van der Waals surface area (Å²) in [5.74, 6) is 1.88.